The molecule has 5 rings (SSSR count). The van der Waals surface area contributed by atoms with Gasteiger partial charge in [-0.3, -0.25) is 0 Å². The Morgan fingerprint density at radius 3 is 2.50 bits per heavy atom. The van der Waals surface area contributed by atoms with E-state index in [-0.39, 0.29) is 0 Å². The van der Waals surface area contributed by atoms with E-state index in [0.29, 0.717) is 22.0 Å². The lowest BCUT2D eigenvalue weighted by molar-refractivity contribution is 0.0521. The molecule has 2 aliphatic rings. The SMILES string of the molecule is Clc1ccc(Cc2nc3cc(Cl)c(Cl)cc3n2C[C@H]2CCCN3CCCC[C@H]23)cc1. The lowest BCUT2D eigenvalue weighted by Crippen LogP contribution is -2.49. The van der Waals surface area contributed by atoms with Gasteiger partial charge >= 0.3 is 0 Å². The molecular formula is C24H26Cl3N3. The normalized spacial score (nSPS) is 22.4. The Morgan fingerprint density at radius 2 is 1.67 bits per heavy atom. The van der Waals surface area contributed by atoms with Gasteiger partial charge in [-0.15, -0.1) is 0 Å². The molecule has 0 amide bonds. The summed E-state index contributed by atoms with van der Waals surface area (Å²) in [7, 11) is 0. The molecule has 3 heterocycles. The predicted octanol–water partition coefficient (Wildman–Crippen LogP) is 6.85. The quantitative estimate of drug-likeness (QED) is 0.422. The fraction of sp³-hybridized carbons (Fsp3) is 0.458. The minimum Gasteiger partial charge on any atom is -0.327 e. The Balaban J connectivity index is 1.52. The van der Waals surface area contributed by atoms with Crippen LogP contribution >= 0.6 is 34.8 Å². The van der Waals surface area contributed by atoms with E-state index in [4.69, 9.17) is 39.8 Å². The molecule has 30 heavy (non-hydrogen) atoms. The summed E-state index contributed by atoms with van der Waals surface area (Å²) in [6, 6.07) is 12.6. The average molecular weight is 463 g/mol. The summed E-state index contributed by atoms with van der Waals surface area (Å²) in [6.45, 7) is 3.49. The third-order valence-electron chi connectivity index (χ3n) is 6.79. The Bertz CT molecular complexity index is 1040. The summed E-state index contributed by atoms with van der Waals surface area (Å²) >= 11 is 18.8. The van der Waals surface area contributed by atoms with E-state index in [0.717, 1.165) is 34.8 Å². The van der Waals surface area contributed by atoms with Crippen molar-refractivity contribution in [3.63, 3.8) is 0 Å². The minimum atomic E-state index is 0.558. The van der Waals surface area contributed by atoms with Crippen LogP contribution < -0.4 is 0 Å². The molecule has 2 aliphatic heterocycles. The van der Waals surface area contributed by atoms with E-state index in [9.17, 15) is 0 Å². The van der Waals surface area contributed by atoms with Crippen LogP contribution in [0, 0.1) is 5.92 Å². The number of rotatable bonds is 4. The molecule has 6 heteroatoms. The summed E-state index contributed by atoms with van der Waals surface area (Å²) in [5.41, 5.74) is 3.21. The molecule has 2 fully saturated rings. The Morgan fingerprint density at radius 1 is 0.900 bits per heavy atom. The highest BCUT2D eigenvalue weighted by Crippen LogP contribution is 2.35. The molecule has 1 aromatic heterocycles. The van der Waals surface area contributed by atoms with Crippen molar-refractivity contribution in [2.75, 3.05) is 13.1 Å². The molecule has 0 spiro atoms. The van der Waals surface area contributed by atoms with Gasteiger partial charge in [-0.2, -0.15) is 0 Å². The van der Waals surface area contributed by atoms with E-state index in [1.54, 1.807) is 0 Å². The second-order valence-corrected chi connectivity index (χ2v) is 9.95. The van der Waals surface area contributed by atoms with E-state index >= 15 is 0 Å². The number of fused-ring (bicyclic) bond motifs is 2. The average Bonchev–Trinajstić information content (AvgIpc) is 3.06. The van der Waals surface area contributed by atoms with Gasteiger partial charge in [0.05, 0.1) is 21.1 Å². The third kappa shape index (κ3) is 4.10. The molecular weight excluding hydrogens is 437 g/mol. The Hall–Kier alpha value is -1.26. The molecule has 0 unspecified atom stereocenters. The number of halogens is 3. The van der Waals surface area contributed by atoms with Crippen LogP contribution in [0.5, 0.6) is 0 Å². The molecule has 0 N–H and O–H groups in total. The standard InChI is InChI=1S/C24H26Cl3N3/c25-18-8-6-16(7-9-18)12-24-28-21-13-19(26)20(27)14-23(21)30(24)15-17-4-3-11-29-10-2-1-5-22(17)29/h6-9,13-14,17,22H,1-5,10-12,15H2/t17-,22-/m1/s1. The molecule has 2 atom stereocenters. The molecule has 0 aliphatic carbocycles. The second kappa shape index (κ2) is 8.70. The van der Waals surface area contributed by atoms with Gasteiger partial charge in [-0.05, 0) is 74.5 Å². The van der Waals surface area contributed by atoms with Crippen LogP contribution in [-0.4, -0.2) is 33.6 Å². The number of nitrogens with zero attached hydrogens (tertiary/aromatic N) is 3. The smallest absolute Gasteiger partial charge is 0.114 e. The van der Waals surface area contributed by atoms with Crippen LogP contribution in [0.15, 0.2) is 36.4 Å². The van der Waals surface area contributed by atoms with Crippen molar-refractivity contribution in [2.45, 2.75) is 51.1 Å². The van der Waals surface area contributed by atoms with Crippen LogP contribution in [0.3, 0.4) is 0 Å². The lowest BCUT2D eigenvalue weighted by Gasteiger charge is -2.44. The van der Waals surface area contributed by atoms with E-state index in [2.05, 4.69) is 21.6 Å². The topological polar surface area (TPSA) is 21.1 Å². The van der Waals surface area contributed by atoms with Crippen LogP contribution in [0.1, 0.15) is 43.5 Å². The number of hydrogen-bond donors (Lipinski definition) is 0. The van der Waals surface area contributed by atoms with Gasteiger partial charge in [0.1, 0.15) is 5.82 Å². The van der Waals surface area contributed by atoms with Crippen molar-refractivity contribution in [3.05, 3.63) is 62.9 Å². The summed E-state index contributed by atoms with van der Waals surface area (Å²) in [5, 5.41) is 1.90. The largest absolute Gasteiger partial charge is 0.327 e. The van der Waals surface area contributed by atoms with Crippen molar-refractivity contribution >= 4 is 45.8 Å². The van der Waals surface area contributed by atoms with Crippen molar-refractivity contribution < 1.29 is 0 Å². The van der Waals surface area contributed by atoms with Gasteiger partial charge < -0.3 is 9.47 Å². The molecule has 3 nitrogen and oxygen atoms in total. The van der Waals surface area contributed by atoms with Gasteiger partial charge in [-0.25, -0.2) is 4.98 Å². The van der Waals surface area contributed by atoms with E-state index in [1.807, 2.05) is 24.3 Å². The zero-order valence-electron chi connectivity index (χ0n) is 17.0. The first-order valence-corrected chi connectivity index (χ1v) is 12.0. The van der Waals surface area contributed by atoms with E-state index in [1.165, 1.54) is 50.8 Å². The minimum absolute atomic E-state index is 0.558. The first-order valence-electron chi connectivity index (χ1n) is 10.9. The predicted molar refractivity (Wildman–Crippen MR) is 126 cm³/mol. The highest BCUT2D eigenvalue weighted by molar-refractivity contribution is 6.42. The zero-order chi connectivity index (χ0) is 20.7. The van der Waals surface area contributed by atoms with Gasteiger partial charge in [0, 0.05) is 24.0 Å². The van der Waals surface area contributed by atoms with Crippen molar-refractivity contribution in [1.29, 1.82) is 0 Å². The summed E-state index contributed by atoms with van der Waals surface area (Å²) in [6.07, 6.45) is 7.34. The van der Waals surface area contributed by atoms with Gasteiger partial charge in [0.2, 0.25) is 0 Å². The van der Waals surface area contributed by atoms with Crippen LogP contribution in [-0.2, 0) is 13.0 Å². The van der Waals surface area contributed by atoms with Crippen molar-refractivity contribution in [3.8, 4) is 0 Å². The Kier molecular flexibility index (Phi) is 5.99. The molecule has 3 aromatic rings. The molecule has 0 bridgehead atoms. The number of imidazole rings is 1. The highest BCUT2D eigenvalue weighted by Gasteiger charge is 2.33. The monoisotopic (exact) mass is 461 g/mol. The maximum Gasteiger partial charge on any atom is 0.114 e. The molecule has 2 aromatic carbocycles. The number of benzene rings is 2. The van der Waals surface area contributed by atoms with Crippen molar-refractivity contribution in [2.24, 2.45) is 5.92 Å². The summed E-state index contributed by atoms with van der Waals surface area (Å²) < 4.78 is 2.40. The van der Waals surface area contributed by atoms with Crippen LogP contribution in [0.25, 0.3) is 11.0 Å². The van der Waals surface area contributed by atoms with Gasteiger partial charge in [0.25, 0.3) is 0 Å². The van der Waals surface area contributed by atoms with Crippen molar-refractivity contribution in [1.82, 2.24) is 14.5 Å². The number of piperidine rings is 2. The fourth-order valence-corrected chi connectivity index (χ4v) is 5.76. The number of hydrogen-bond acceptors (Lipinski definition) is 2. The van der Waals surface area contributed by atoms with Gasteiger partial charge in [0.15, 0.2) is 0 Å². The zero-order valence-corrected chi connectivity index (χ0v) is 19.2. The fourth-order valence-electron chi connectivity index (χ4n) is 5.32. The molecule has 2 saturated heterocycles. The van der Waals surface area contributed by atoms with E-state index < -0.39 is 0 Å². The lowest BCUT2D eigenvalue weighted by atomic mass is 9.83. The summed E-state index contributed by atoms with van der Waals surface area (Å²) in [4.78, 5) is 7.70. The van der Waals surface area contributed by atoms with Crippen LogP contribution in [0.4, 0.5) is 0 Å². The number of aromatic nitrogens is 2. The maximum absolute atomic E-state index is 6.40. The molecule has 0 radical (unpaired) electrons. The second-order valence-electron chi connectivity index (χ2n) is 8.70. The Labute approximate surface area is 192 Å². The third-order valence-corrected chi connectivity index (χ3v) is 7.76. The first kappa shape index (κ1) is 20.6. The van der Waals surface area contributed by atoms with Crippen LogP contribution in [0.2, 0.25) is 15.1 Å². The molecule has 0 saturated carbocycles. The maximum atomic E-state index is 6.40. The first-order chi connectivity index (χ1) is 14.6. The summed E-state index contributed by atoms with van der Waals surface area (Å²) in [5.74, 6) is 1.72. The highest BCUT2D eigenvalue weighted by atomic mass is 35.5. The van der Waals surface area contributed by atoms with Gasteiger partial charge in [-0.1, -0.05) is 53.4 Å². The molecule has 158 valence electrons.